The fraction of sp³-hybridized carbons (Fsp3) is 0.556. The Morgan fingerprint density at radius 1 is 1.65 bits per heavy atom. The fourth-order valence-corrected chi connectivity index (χ4v) is 2.87. The molecule has 7 nitrogen and oxygen atoms in total. The van der Waals surface area contributed by atoms with Gasteiger partial charge in [0.25, 0.3) is 0 Å². The Kier molecular flexibility index (Phi) is 2.92. The lowest BCUT2D eigenvalue weighted by Crippen LogP contribution is -2.28. The van der Waals surface area contributed by atoms with Crippen LogP contribution in [0.3, 0.4) is 0 Å². The summed E-state index contributed by atoms with van der Waals surface area (Å²) in [7, 11) is -2.00. The molecule has 0 aromatic carbocycles. The van der Waals surface area contributed by atoms with Crippen molar-refractivity contribution < 1.29 is 18.3 Å². The van der Waals surface area contributed by atoms with Gasteiger partial charge in [-0.15, -0.1) is 0 Å². The topological polar surface area (TPSA) is 92.5 Å². The summed E-state index contributed by atoms with van der Waals surface area (Å²) in [5.41, 5.74) is 0. The van der Waals surface area contributed by atoms with Crippen LogP contribution in [0.25, 0.3) is 0 Å². The van der Waals surface area contributed by atoms with Gasteiger partial charge in [0.15, 0.2) is 0 Å². The van der Waals surface area contributed by atoms with Gasteiger partial charge in [-0.25, -0.2) is 8.42 Å². The van der Waals surface area contributed by atoms with E-state index in [9.17, 15) is 13.2 Å². The Morgan fingerprint density at radius 2 is 2.29 bits per heavy atom. The van der Waals surface area contributed by atoms with Crippen LogP contribution in [0.4, 0.5) is 0 Å². The summed E-state index contributed by atoms with van der Waals surface area (Å²) >= 11 is 0. The van der Waals surface area contributed by atoms with Crippen molar-refractivity contribution in [3.8, 4) is 0 Å². The molecule has 1 aliphatic carbocycles. The smallest absolute Gasteiger partial charge is 0.325 e. The van der Waals surface area contributed by atoms with Gasteiger partial charge in [0.1, 0.15) is 11.4 Å². The van der Waals surface area contributed by atoms with E-state index >= 15 is 0 Å². The number of rotatable bonds is 5. The van der Waals surface area contributed by atoms with Crippen molar-refractivity contribution in [3.05, 3.63) is 12.4 Å². The number of hydrogen-bond donors (Lipinski definition) is 1. The normalized spacial score (nSPS) is 16.4. The van der Waals surface area contributed by atoms with Gasteiger partial charge in [0, 0.05) is 19.3 Å². The molecule has 0 spiro atoms. The Hall–Kier alpha value is -1.41. The zero-order valence-corrected chi connectivity index (χ0v) is 10.1. The van der Waals surface area contributed by atoms with E-state index in [1.165, 1.54) is 23.7 Å². The van der Waals surface area contributed by atoms with Crippen molar-refractivity contribution >= 4 is 16.0 Å². The van der Waals surface area contributed by atoms with Crippen LogP contribution >= 0.6 is 0 Å². The molecule has 1 saturated carbocycles. The second-order valence-electron chi connectivity index (χ2n) is 4.02. The zero-order valence-electron chi connectivity index (χ0n) is 9.28. The number of aromatic nitrogens is 2. The van der Waals surface area contributed by atoms with E-state index in [4.69, 9.17) is 5.11 Å². The number of sulfonamides is 1. The van der Waals surface area contributed by atoms with E-state index in [2.05, 4.69) is 5.10 Å². The molecule has 0 radical (unpaired) electrons. The van der Waals surface area contributed by atoms with Gasteiger partial charge in [-0.2, -0.15) is 9.40 Å². The first-order chi connectivity index (χ1) is 7.91. The molecule has 0 aliphatic heterocycles. The zero-order chi connectivity index (χ0) is 12.6. The molecule has 1 aliphatic rings. The third-order valence-corrected chi connectivity index (χ3v) is 4.51. The molecule has 2 rings (SSSR count). The second-order valence-corrected chi connectivity index (χ2v) is 6.02. The van der Waals surface area contributed by atoms with Crippen LogP contribution in [-0.2, 0) is 21.4 Å². The van der Waals surface area contributed by atoms with E-state index in [1.54, 1.807) is 0 Å². The maximum atomic E-state index is 12.0. The van der Waals surface area contributed by atoms with Crippen molar-refractivity contribution in [2.45, 2.75) is 30.3 Å². The van der Waals surface area contributed by atoms with Crippen molar-refractivity contribution in [3.63, 3.8) is 0 Å². The van der Waals surface area contributed by atoms with E-state index in [0.29, 0.717) is 0 Å². The van der Waals surface area contributed by atoms with Crippen LogP contribution in [-0.4, -0.2) is 46.7 Å². The number of nitrogens with zero attached hydrogens (tertiary/aromatic N) is 3. The quantitative estimate of drug-likeness (QED) is 0.787. The molecule has 1 N–H and O–H groups in total. The molecule has 0 amide bonds. The minimum atomic E-state index is -3.53. The molecule has 17 heavy (non-hydrogen) atoms. The van der Waals surface area contributed by atoms with Gasteiger partial charge in [-0.05, 0) is 12.8 Å². The molecular formula is C9H13N3O4S. The highest BCUT2D eigenvalue weighted by molar-refractivity contribution is 7.89. The average Bonchev–Trinajstić information content (AvgIpc) is 2.97. The number of aliphatic carboxylic acids is 1. The summed E-state index contributed by atoms with van der Waals surface area (Å²) in [4.78, 5) is 10.5. The molecule has 8 heteroatoms. The molecule has 0 atom stereocenters. The lowest BCUT2D eigenvalue weighted by molar-refractivity contribution is -0.137. The van der Waals surface area contributed by atoms with Gasteiger partial charge in [-0.3, -0.25) is 9.48 Å². The van der Waals surface area contributed by atoms with Gasteiger partial charge in [0.2, 0.25) is 10.0 Å². The molecule has 0 unspecified atom stereocenters. The number of hydrogen-bond acceptors (Lipinski definition) is 4. The standard InChI is InChI=1S/C9H13N3O4S/c1-11(7-2-3-7)17(15,16)8-4-10-12(5-8)6-9(13)14/h4-5,7H,2-3,6H2,1H3,(H,13,14). The van der Waals surface area contributed by atoms with Crippen LogP contribution < -0.4 is 0 Å². The van der Waals surface area contributed by atoms with E-state index < -0.39 is 16.0 Å². The summed E-state index contributed by atoms with van der Waals surface area (Å²) in [5, 5.41) is 12.3. The SMILES string of the molecule is CN(C1CC1)S(=O)(=O)c1cnn(CC(=O)O)c1. The van der Waals surface area contributed by atoms with Crippen LogP contribution in [0, 0.1) is 0 Å². The summed E-state index contributed by atoms with van der Waals surface area (Å²) in [6, 6.07) is 0.0721. The summed E-state index contributed by atoms with van der Waals surface area (Å²) in [5.74, 6) is -1.06. The molecular weight excluding hydrogens is 246 g/mol. The van der Waals surface area contributed by atoms with Gasteiger partial charge >= 0.3 is 5.97 Å². The number of carboxylic acids is 1. The Labute approximate surface area is 98.7 Å². The molecule has 94 valence electrons. The maximum Gasteiger partial charge on any atom is 0.325 e. The van der Waals surface area contributed by atoms with E-state index in [0.717, 1.165) is 17.5 Å². The Morgan fingerprint density at radius 3 is 2.82 bits per heavy atom. The van der Waals surface area contributed by atoms with Crippen LogP contribution in [0.1, 0.15) is 12.8 Å². The largest absolute Gasteiger partial charge is 0.480 e. The average molecular weight is 259 g/mol. The highest BCUT2D eigenvalue weighted by Crippen LogP contribution is 2.30. The minimum absolute atomic E-state index is 0.0353. The highest BCUT2D eigenvalue weighted by Gasteiger charge is 2.35. The van der Waals surface area contributed by atoms with Crippen molar-refractivity contribution in [1.82, 2.24) is 14.1 Å². The van der Waals surface area contributed by atoms with Crippen molar-refractivity contribution in [1.29, 1.82) is 0 Å². The molecule has 1 aromatic heterocycles. The predicted molar refractivity (Wildman–Crippen MR) is 57.8 cm³/mol. The van der Waals surface area contributed by atoms with Gasteiger partial charge in [-0.1, -0.05) is 0 Å². The van der Waals surface area contributed by atoms with Crippen molar-refractivity contribution in [2.24, 2.45) is 0 Å². The molecule has 1 fully saturated rings. The number of carboxylic acid groups (broad SMARTS) is 1. The predicted octanol–water partition coefficient (Wildman–Crippen LogP) is -0.249. The minimum Gasteiger partial charge on any atom is -0.480 e. The van der Waals surface area contributed by atoms with Crippen LogP contribution in [0.15, 0.2) is 17.3 Å². The summed E-state index contributed by atoms with van der Waals surface area (Å²) in [6.45, 7) is -0.345. The fourth-order valence-electron chi connectivity index (χ4n) is 1.50. The summed E-state index contributed by atoms with van der Waals surface area (Å²) in [6.07, 6.45) is 4.16. The first-order valence-corrected chi connectivity index (χ1v) is 6.57. The first kappa shape index (κ1) is 12.1. The first-order valence-electron chi connectivity index (χ1n) is 5.13. The highest BCUT2D eigenvalue weighted by atomic mass is 32.2. The van der Waals surface area contributed by atoms with E-state index in [1.807, 2.05) is 0 Å². The third kappa shape index (κ3) is 2.47. The monoisotopic (exact) mass is 259 g/mol. The maximum absolute atomic E-state index is 12.0. The Bertz CT molecular complexity index is 532. The van der Waals surface area contributed by atoms with Crippen LogP contribution in [0.2, 0.25) is 0 Å². The molecule has 1 heterocycles. The van der Waals surface area contributed by atoms with E-state index in [-0.39, 0.29) is 17.5 Å². The van der Waals surface area contributed by atoms with Gasteiger partial charge < -0.3 is 5.11 Å². The molecule has 1 aromatic rings. The molecule has 0 saturated heterocycles. The molecule has 0 bridgehead atoms. The Balaban J connectivity index is 2.21. The second kappa shape index (κ2) is 4.11. The van der Waals surface area contributed by atoms with Crippen molar-refractivity contribution in [2.75, 3.05) is 7.05 Å². The lowest BCUT2D eigenvalue weighted by Gasteiger charge is -2.14. The third-order valence-electron chi connectivity index (χ3n) is 2.64. The number of carbonyl (C=O) groups is 1. The summed E-state index contributed by atoms with van der Waals surface area (Å²) < 4.78 is 26.5. The van der Waals surface area contributed by atoms with Gasteiger partial charge in [0.05, 0.1) is 6.20 Å². The van der Waals surface area contributed by atoms with Crippen LogP contribution in [0.5, 0.6) is 0 Å². The lowest BCUT2D eigenvalue weighted by atomic mass is 10.6.